The predicted octanol–water partition coefficient (Wildman–Crippen LogP) is 5.00. The third-order valence-corrected chi connectivity index (χ3v) is 5.83. The highest BCUT2D eigenvalue weighted by molar-refractivity contribution is 6.31. The summed E-state index contributed by atoms with van der Waals surface area (Å²) in [7, 11) is 1.63. The van der Waals surface area contributed by atoms with Gasteiger partial charge in [-0.05, 0) is 55.2 Å². The molecule has 1 atom stereocenters. The van der Waals surface area contributed by atoms with Crippen molar-refractivity contribution in [2.24, 2.45) is 0 Å². The number of rotatable bonds is 9. The Bertz CT molecular complexity index is 1030. The van der Waals surface area contributed by atoms with Gasteiger partial charge in [-0.2, -0.15) is 0 Å². The van der Waals surface area contributed by atoms with Gasteiger partial charge in [-0.1, -0.05) is 43.1 Å². The van der Waals surface area contributed by atoms with E-state index in [4.69, 9.17) is 21.3 Å². The molecule has 0 aliphatic rings. The summed E-state index contributed by atoms with van der Waals surface area (Å²) in [6, 6.07) is 11.7. The average Bonchev–Trinajstić information content (AvgIpc) is 3.04. The first-order valence-electron chi connectivity index (χ1n) is 10.4. The highest BCUT2D eigenvalue weighted by Gasteiger charge is 2.25. The van der Waals surface area contributed by atoms with E-state index in [1.54, 1.807) is 7.11 Å². The molecule has 30 heavy (non-hydrogen) atoms. The molecule has 5 nitrogen and oxygen atoms in total. The third kappa shape index (κ3) is 4.85. The van der Waals surface area contributed by atoms with Crippen LogP contribution in [0.3, 0.4) is 0 Å². The van der Waals surface area contributed by atoms with Crippen molar-refractivity contribution in [3.8, 4) is 0 Å². The van der Waals surface area contributed by atoms with Crippen LogP contribution in [0.4, 0.5) is 0 Å². The molecule has 0 bridgehead atoms. The fraction of sp³-hybridized carbons (Fsp3) is 0.417. The molecule has 0 radical (unpaired) electrons. The minimum absolute atomic E-state index is 0.00756. The number of halogens is 1. The standard InChI is InChI=1S/C24H30ClN3O2/c1-5-8-21(24(29)26-11-12-30-4)28-22-14-17(3)16(2)13-20(22)27-23(28)15-18-9-6-7-10-19(18)25/h6-7,9-10,13-14,21H,5,8,11-12,15H2,1-4H3,(H,26,29)/t21-/m0/s1. The van der Waals surface area contributed by atoms with Crippen molar-refractivity contribution >= 4 is 28.5 Å². The molecule has 0 fully saturated rings. The summed E-state index contributed by atoms with van der Waals surface area (Å²) in [4.78, 5) is 18.1. The molecule has 160 valence electrons. The van der Waals surface area contributed by atoms with Crippen molar-refractivity contribution in [3.63, 3.8) is 0 Å². The van der Waals surface area contributed by atoms with Crippen molar-refractivity contribution in [2.75, 3.05) is 20.3 Å². The number of ether oxygens (including phenoxy) is 1. The van der Waals surface area contributed by atoms with Crippen LogP contribution in [0, 0.1) is 13.8 Å². The van der Waals surface area contributed by atoms with Gasteiger partial charge in [-0.15, -0.1) is 0 Å². The third-order valence-electron chi connectivity index (χ3n) is 5.47. The second-order valence-electron chi connectivity index (χ2n) is 7.68. The number of hydrogen-bond donors (Lipinski definition) is 1. The fourth-order valence-corrected chi connectivity index (χ4v) is 3.93. The number of imidazole rings is 1. The van der Waals surface area contributed by atoms with Crippen LogP contribution in [-0.4, -0.2) is 35.7 Å². The molecule has 2 aromatic carbocycles. The summed E-state index contributed by atoms with van der Waals surface area (Å²) in [5.41, 5.74) is 5.27. The number of aryl methyl sites for hydroxylation is 2. The van der Waals surface area contributed by atoms with Crippen LogP contribution in [-0.2, 0) is 16.0 Å². The molecule has 3 rings (SSSR count). The number of hydrogen-bond acceptors (Lipinski definition) is 3. The zero-order chi connectivity index (χ0) is 21.7. The van der Waals surface area contributed by atoms with E-state index < -0.39 is 0 Å². The lowest BCUT2D eigenvalue weighted by Crippen LogP contribution is -2.35. The molecule has 0 unspecified atom stereocenters. The maximum absolute atomic E-state index is 13.1. The Hall–Kier alpha value is -2.37. The van der Waals surface area contributed by atoms with E-state index in [-0.39, 0.29) is 11.9 Å². The number of methoxy groups -OCH3 is 1. The van der Waals surface area contributed by atoms with E-state index in [0.717, 1.165) is 35.3 Å². The monoisotopic (exact) mass is 427 g/mol. The van der Waals surface area contributed by atoms with Gasteiger partial charge in [-0.25, -0.2) is 4.98 Å². The first-order chi connectivity index (χ1) is 14.5. The molecule has 1 N–H and O–H groups in total. The molecule has 0 aliphatic carbocycles. The molecule has 6 heteroatoms. The first kappa shape index (κ1) is 22.3. The van der Waals surface area contributed by atoms with Gasteiger partial charge < -0.3 is 14.6 Å². The van der Waals surface area contributed by atoms with E-state index >= 15 is 0 Å². The van der Waals surface area contributed by atoms with Gasteiger partial charge in [0, 0.05) is 25.1 Å². The van der Waals surface area contributed by atoms with Gasteiger partial charge >= 0.3 is 0 Å². The number of carbonyl (C=O) groups excluding carboxylic acids is 1. The first-order valence-corrected chi connectivity index (χ1v) is 10.8. The van der Waals surface area contributed by atoms with Crippen molar-refractivity contribution in [2.45, 2.75) is 46.1 Å². The Morgan fingerprint density at radius 2 is 1.97 bits per heavy atom. The Morgan fingerprint density at radius 1 is 1.23 bits per heavy atom. The highest BCUT2D eigenvalue weighted by Crippen LogP contribution is 2.29. The number of benzene rings is 2. The molecular formula is C24H30ClN3O2. The second kappa shape index (κ2) is 10.1. The largest absolute Gasteiger partial charge is 0.383 e. The van der Waals surface area contributed by atoms with E-state index in [1.807, 2.05) is 24.3 Å². The van der Waals surface area contributed by atoms with Gasteiger partial charge in [0.15, 0.2) is 0 Å². The van der Waals surface area contributed by atoms with Gasteiger partial charge in [0.25, 0.3) is 0 Å². The van der Waals surface area contributed by atoms with Crippen molar-refractivity contribution in [1.29, 1.82) is 0 Å². The molecule has 0 spiro atoms. The van der Waals surface area contributed by atoms with Crippen LogP contribution in [0.1, 0.15) is 48.3 Å². The Morgan fingerprint density at radius 3 is 2.67 bits per heavy atom. The number of nitrogens with zero attached hydrogens (tertiary/aromatic N) is 2. The van der Waals surface area contributed by atoms with Crippen molar-refractivity contribution < 1.29 is 9.53 Å². The van der Waals surface area contributed by atoms with Gasteiger partial charge in [-0.3, -0.25) is 4.79 Å². The van der Waals surface area contributed by atoms with Crippen LogP contribution >= 0.6 is 11.6 Å². The van der Waals surface area contributed by atoms with Crippen molar-refractivity contribution in [3.05, 3.63) is 63.9 Å². The maximum Gasteiger partial charge on any atom is 0.243 e. The smallest absolute Gasteiger partial charge is 0.243 e. The SMILES string of the molecule is CCC[C@@H](C(=O)NCCOC)n1c(Cc2ccccc2Cl)nc2cc(C)c(C)cc21. The molecule has 1 aromatic heterocycles. The zero-order valence-corrected chi connectivity index (χ0v) is 18.9. The number of amides is 1. The van der Waals surface area contributed by atoms with E-state index in [0.29, 0.717) is 24.6 Å². The molecule has 0 aliphatic heterocycles. The van der Waals surface area contributed by atoms with E-state index in [9.17, 15) is 4.79 Å². The van der Waals surface area contributed by atoms with Crippen molar-refractivity contribution in [1.82, 2.24) is 14.9 Å². The van der Waals surface area contributed by atoms with Gasteiger partial charge in [0.2, 0.25) is 5.91 Å². The fourth-order valence-electron chi connectivity index (χ4n) is 3.73. The molecule has 0 saturated heterocycles. The molecule has 1 amide bonds. The summed E-state index contributed by atoms with van der Waals surface area (Å²) < 4.78 is 7.20. The zero-order valence-electron chi connectivity index (χ0n) is 18.2. The molecule has 1 heterocycles. The summed E-state index contributed by atoms with van der Waals surface area (Å²) in [5.74, 6) is 0.843. The van der Waals surface area contributed by atoms with Gasteiger partial charge in [0.05, 0.1) is 17.6 Å². The number of carbonyl (C=O) groups is 1. The Kier molecular flexibility index (Phi) is 7.51. The molecule has 3 aromatic rings. The lowest BCUT2D eigenvalue weighted by atomic mass is 10.1. The predicted molar refractivity (Wildman–Crippen MR) is 122 cm³/mol. The van der Waals surface area contributed by atoms with Crippen LogP contribution < -0.4 is 5.32 Å². The topological polar surface area (TPSA) is 56.1 Å². The van der Waals surface area contributed by atoms with E-state index in [2.05, 4.69) is 42.8 Å². The Labute approximate surface area is 183 Å². The minimum Gasteiger partial charge on any atom is -0.383 e. The highest BCUT2D eigenvalue weighted by atomic mass is 35.5. The quantitative estimate of drug-likeness (QED) is 0.489. The minimum atomic E-state index is -0.337. The lowest BCUT2D eigenvalue weighted by molar-refractivity contribution is -0.124. The number of fused-ring (bicyclic) bond motifs is 1. The van der Waals surface area contributed by atoms with E-state index in [1.165, 1.54) is 11.1 Å². The van der Waals surface area contributed by atoms with Crippen LogP contribution in [0.15, 0.2) is 36.4 Å². The summed E-state index contributed by atoms with van der Waals surface area (Å²) in [5, 5.41) is 3.72. The Balaban J connectivity index is 2.11. The summed E-state index contributed by atoms with van der Waals surface area (Å²) in [6.07, 6.45) is 2.18. The van der Waals surface area contributed by atoms with Crippen LogP contribution in [0.5, 0.6) is 0 Å². The summed E-state index contributed by atoms with van der Waals surface area (Å²) in [6.45, 7) is 7.24. The number of nitrogens with one attached hydrogen (secondary N) is 1. The van der Waals surface area contributed by atoms with Crippen LogP contribution in [0.2, 0.25) is 5.02 Å². The summed E-state index contributed by atoms with van der Waals surface area (Å²) >= 11 is 6.43. The second-order valence-corrected chi connectivity index (χ2v) is 8.09. The maximum atomic E-state index is 13.1. The van der Waals surface area contributed by atoms with Gasteiger partial charge in [0.1, 0.15) is 11.9 Å². The van der Waals surface area contributed by atoms with Crippen LogP contribution in [0.25, 0.3) is 11.0 Å². The molecular weight excluding hydrogens is 398 g/mol. The normalized spacial score (nSPS) is 12.3. The molecule has 0 saturated carbocycles. The lowest BCUT2D eigenvalue weighted by Gasteiger charge is -2.21. The average molecular weight is 428 g/mol. The number of aromatic nitrogens is 2.